The number of nitrogens with one attached hydrogen (secondary N) is 1. The number of nitrogens with zero attached hydrogens (tertiary/aromatic N) is 2. The van der Waals surface area contributed by atoms with Crippen LogP contribution in [0.15, 0.2) is 42.5 Å². The standard InChI is InChI=1S/C23H29N3O2.H3N/c1-17-19(20-15-22(27-2)23(28-3)16-21(20)24-17)9-10-25-11-13-26(14-12-25)18-7-5-4-6-8-18;/h4-8,15-16,24H,9-14H2,1-3H3;1H3. The van der Waals surface area contributed by atoms with Crippen molar-refractivity contribution in [2.45, 2.75) is 13.3 Å². The molecule has 0 saturated carbocycles. The summed E-state index contributed by atoms with van der Waals surface area (Å²) < 4.78 is 10.9. The van der Waals surface area contributed by atoms with E-state index in [4.69, 9.17) is 9.47 Å². The van der Waals surface area contributed by atoms with Crippen molar-refractivity contribution in [2.75, 3.05) is 51.8 Å². The summed E-state index contributed by atoms with van der Waals surface area (Å²) in [5.41, 5.74) is 5.05. The van der Waals surface area contributed by atoms with E-state index in [1.165, 1.54) is 22.3 Å². The van der Waals surface area contributed by atoms with Gasteiger partial charge in [0.25, 0.3) is 0 Å². The van der Waals surface area contributed by atoms with Gasteiger partial charge >= 0.3 is 0 Å². The molecule has 0 radical (unpaired) electrons. The van der Waals surface area contributed by atoms with E-state index in [9.17, 15) is 0 Å². The minimum absolute atomic E-state index is 0. The third kappa shape index (κ3) is 4.33. The van der Waals surface area contributed by atoms with E-state index in [2.05, 4.69) is 58.1 Å². The number of hydrogen-bond donors (Lipinski definition) is 2. The number of aryl methyl sites for hydroxylation is 1. The summed E-state index contributed by atoms with van der Waals surface area (Å²) in [5.74, 6) is 1.55. The summed E-state index contributed by atoms with van der Waals surface area (Å²) in [5, 5.41) is 1.23. The molecule has 0 spiro atoms. The largest absolute Gasteiger partial charge is 0.493 e. The molecule has 29 heavy (non-hydrogen) atoms. The molecular formula is C23H32N4O2. The first-order chi connectivity index (χ1) is 13.7. The molecule has 3 aromatic rings. The number of rotatable bonds is 6. The fourth-order valence-electron chi connectivity index (χ4n) is 4.17. The maximum atomic E-state index is 5.50. The van der Waals surface area contributed by atoms with Crippen LogP contribution in [0.1, 0.15) is 11.3 Å². The lowest BCUT2D eigenvalue weighted by molar-refractivity contribution is 0.261. The van der Waals surface area contributed by atoms with Crippen molar-refractivity contribution in [3.05, 3.63) is 53.7 Å². The summed E-state index contributed by atoms with van der Waals surface area (Å²) in [7, 11) is 3.37. The van der Waals surface area contributed by atoms with E-state index in [1.807, 2.05) is 6.07 Å². The van der Waals surface area contributed by atoms with Gasteiger partial charge in [0, 0.05) is 61.1 Å². The molecule has 1 aromatic heterocycles. The second-order valence-corrected chi connectivity index (χ2v) is 7.40. The summed E-state index contributed by atoms with van der Waals surface area (Å²) in [6.45, 7) is 7.61. The molecule has 2 aromatic carbocycles. The van der Waals surface area contributed by atoms with Crippen molar-refractivity contribution < 1.29 is 9.47 Å². The Morgan fingerprint density at radius 1 is 0.931 bits per heavy atom. The van der Waals surface area contributed by atoms with Crippen molar-refractivity contribution >= 4 is 16.6 Å². The number of anilines is 1. The molecule has 2 heterocycles. The number of benzene rings is 2. The van der Waals surface area contributed by atoms with Crippen LogP contribution in [0.4, 0.5) is 5.69 Å². The van der Waals surface area contributed by atoms with Gasteiger partial charge in [-0.1, -0.05) is 18.2 Å². The van der Waals surface area contributed by atoms with Crippen LogP contribution in [0.3, 0.4) is 0 Å². The molecule has 0 atom stereocenters. The van der Waals surface area contributed by atoms with Gasteiger partial charge in [-0.2, -0.15) is 0 Å². The molecule has 4 rings (SSSR count). The smallest absolute Gasteiger partial charge is 0.162 e. The van der Waals surface area contributed by atoms with Crippen LogP contribution in [0, 0.1) is 6.92 Å². The van der Waals surface area contributed by atoms with E-state index >= 15 is 0 Å². The van der Waals surface area contributed by atoms with Crippen LogP contribution < -0.4 is 20.5 Å². The molecule has 0 amide bonds. The van der Waals surface area contributed by atoms with Crippen LogP contribution in [-0.4, -0.2) is 56.8 Å². The van der Waals surface area contributed by atoms with Crippen LogP contribution >= 0.6 is 0 Å². The van der Waals surface area contributed by atoms with Gasteiger partial charge in [-0.3, -0.25) is 4.90 Å². The predicted octanol–water partition coefficient (Wildman–Crippen LogP) is 4.02. The Balaban J connectivity index is 0.00000240. The number of aromatic amines is 1. The average molecular weight is 397 g/mol. The van der Waals surface area contributed by atoms with Gasteiger partial charge in [0.15, 0.2) is 11.5 Å². The highest BCUT2D eigenvalue weighted by molar-refractivity contribution is 5.88. The van der Waals surface area contributed by atoms with Gasteiger partial charge in [-0.15, -0.1) is 0 Å². The molecule has 1 fully saturated rings. The molecule has 0 aliphatic carbocycles. The topological polar surface area (TPSA) is 75.7 Å². The van der Waals surface area contributed by atoms with Crippen molar-refractivity contribution in [1.29, 1.82) is 0 Å². The van der Waals surface area contributed by atoms with Crippen molar-refractivity contribution in [3.8, 4) is 11.5 Å². The molecule has 4 N–H and O–H groups in total. The van der Waals surface area contributed by atoms with Crippen molar-refractivity contribution in [2.24, 2.45) is 0 Å². The summed E-state index contributed by atoms with van der Waals surface area (Å²) >= 11 is 0. The SMILES string of the molecule is COc1cc2[nH]c(C)c(CCN3CCN(c4ccccc4)CC3)c2cc1OC.N. The fraction of sp³-hybridized carbons (Fsp3) is 0.391. The van der Waals surface area contributed by atoms with Gasteiger partial charge in [-0.05, 0) is 37.1 Å². The number of hydrogen-bond acceptors (Lipinski definition) is 5. The van der Waals surface area contributed by atoms with Crippen LogP contribution in [0.25, 0.3) is 10.9 Å². The number of aromatic nitrogens is 1. The fourth-order valence-corrected chi connectivity index (χ4v) is 4.17. The lowest BCUT2D eigenvalue weighted by Crippen LogP contribution is -2.47. The molecule has 6 nitrogen and oxygen atoms in total. The highest BCUT2D eigenvalue weighted by Crippen LogP contribution is 2.34. The molecule has 0 bridgehead atoms. The highest BCUT2D eigenvalue weighted by atomic mass is 16.5. The van der Waals surface area contributed by atoms with Crippen molar-refractivity contribution in [3.63, 3.8) is 0 Å². The maximum absolute atomic E-state index is 5.50. The zero-order chi connectivity index (χ0) is 19.5. The number of para-hydroxylation sites is 1. The number of piperazine rings is 1. The minimum atomic E-state index is 0. The minimum Gasteiger partial charge on any atom is -0.493 e. The lowest BCUT2D eigenvalue weighted by Gasteiger charge is -2.36. The van der Waals surface area contributed by atoms with E-state index in [-0.39, 0.29) is 6.15 Å². The number of fused-ring (bicyclic) bond motifs is 1. The molecule has 156 valence electrons. The molecule has 0 unspecified atom stereocenters. The maximum Gasteiger partial charge on any atom is 0.162 e. The van der Waals surface area contributed by atoms with Gasteiger partial charge in [0.05, 0.1) is 14.2 Å². The lowest BCUT2D eigenvalue weighted by atomic mass is 10.1. The second-order valence-electron chi connectivity index (χ2n) is 7.40. The van der Waals surface area contributed by atoms with Gasteiger partial charge in [0.1, 0.15) is 0 Å². The van der Waals surface area contributed by atoms with E-state index in [0.29, 0.717) is 0 Å². The third-order valence-corrected chi connectivity index (χ3v) is 5.80. The third-order valence-electron chi connectivity index (χ3n) is 5.80. The first kappa shape index (κ1) is 21.0. The number of H-pyrrole nitrogens is 1. The zero-order valence-electron chi connectivity index (χ0n) is 17.7. The van der Waals surface area contributed by atoms with Crippen molar-refractivity contribution in [1.82, 2.24) is 16.0 Å². The van der Waals surface area contributed by atoms with E-state index < -0.39 is 0 Å². The Morgan fingerprint density at radius 2 is 1.59 bits per heavy atom. The number of methoxy groups -OCH3 is 2. The Morgan fingerprint density at radius 3 is 2.24 bits per heavy atom. The van der Waals surface area contributed by atoms with Gasteiger partial charge < -0.3 is 25.5 Å². The van der Waals surface area contributed by atoms with Gasteiger partial charge in [-0.25, -0.2) is 0 Å². The van der Waals surface area contributed by atoms with Crippen LogP contribution in [0.2, 0.25) is 0 Å². The summed E-state index contributed by atoms with van der Waals surface area (Å²) in [6, 6.07) is 14.8. The quantitative estimate of drug-likeness (QED) is 0.658. The molecular weight excluding hydrogens is 364 g/mol. The Bertz CT molecular complexity index is 931. The van der Waals surface area contributed by atoms with Crippen LogP contribution in [0.5, 0.6) is 11.5 Å². The summed E-state index contributed by atoms with van der Waals surface area (Å²) in [4.78, 5) is 8.55. The first-order valence-corrected chi connectivity index (χ1v) is 9.95. The summed E-state index contributed by atoms with van der Waals surface area (Å²) in [6.07, 6.45) is 1.03. The van der Waals surface area contributed by atoms with E-state index in [1.54, 1.807) is 14.2 Å². The predicted molar refractivity (Wildman–Crippen MR) is 120 cm³/mol. The van der Waals surface area contributed by atoms with Crippen LogP contribution in [-0.2, 0) is 6.42 Å². The first-order valence-electron chi connectivity index (χ1n) is 9.95. The van der Waals surface area contributed by atoms with Gasteiger partial charge in [0.2, 0.25) is 0 Å². The molecule has 1 aliphatic rings. The molecule has 1 saturated heterocycles. The highest BCUT2D eigenvalue weighted by Gasteiger charge is 2.19. The normalized spacial score (nSPS) is 14.7. The Hall–Kier alpha value is -2.70. The number of ether oxygens (including phenoxy) is 2. The molecule has 6 heteroatoms. The Labute approximate surface area is 173 Å². The monoisotopic (exact) mass is 396 g/mol. The Kier molecular flexibility index (Phi) is 6.67. The second kappa shape index (κ2) is 9.20. The zero-order valence-corrected chi connectivity index (χ0v) is 17.7. The average Bonchev–Trinajstić information content (AvgIpc) is 3.06. The molecule has 1 aliphatic heterocycles. The van der Waals surface area contributed by atoms with E-state index in [0.717, 1.165) is 56.2 Å².